The lowest BCUT2D eigenvalue weighted by molar-refractivity contribution is -0.385. The van der Waals surface area contributed by atoms with Crippen molar-refractivity contribution in [2.45, 2.75) is 6.92 Å². The first-order valence-corrected chi connectivity index (χ1v) is 6.97. The Balaban J connectivity index is 2.02. The van der Waals surface area contributed by atoms with E-state index < -0.39 is 16.7 Å². The fraction of sp³-hybridized carbons (Fsp3) is 0.0588. The van der Waals surface area contributed by atoms with Gasteiger partial charge < -0.3 is 4.74 Å². The number of esters is 1. The van der Waals surface area contributed by atoms with Gasteiger partial charge in [-0.15, -0.1) is 0 Å². The molecule has 1 aliphatic heterocycles. The molecule has 0 saturated carbocycles. The van der Waals surface area contributed by atoms with Crippen LogP contribution >= 0.6 is 0 Å². The van der Waals surface area contributed by atoms with Gasteiger partial charge in [0, 0.05) is 6.07 Å². The standard InChI is InChI=1S/C17H11FN2O4/c1-10-2-7-15(20(22)23)13(8-10)16-19-14(17(21)24-16)9-11-3-5-12(18)6-4-11/h2-9H,1H3/b14-9+. The number of hydrogen-bond donors (Lipinski definition) is 0. The maximum atomic E-state index is 12.9. The van der Waals surface area contributed by atoms with E-state index in [2.05, 4.69) is 4.99 Å². The number of rotatable bonds is 3. The summed E-state index contributed by atoms with van der Waals surface area (Å²) in [5, 5.41) is 11.1. The predicted molar refractivity (Wildman–Crippen MR) is 84.8 cm³/mol. The van der Waals surface area contributed by atoms with Crippen molar-refractivity contribution in [3.05, 3.63) is 80.8 Å². The van der Waals surface area contributed by atoms with Crippen molar-refractivity contribution in [2.75, 3.05) is 0 Å². The highest BCUT2D eigenvalue weighted by Crippen LogP contribution is 2.26. The van der Waals surface area contributed by atoms with Crippen LogP contribution in [0.1, 0.15) is 16.7 Å². The normalized spacial score (nSPS) is 15.3. The molecule has 0 radical (unpaired) electrons. The third-order valence-electron chi connectivity index (χ3n) is 3.37. The zero-order chi connectivity index (χ0) is 17.3. The van der Waals surface area contributed by atoms with E-state index >= 15 is 0 Å². The summed E-state index contributed by atoms with van der Waals surface area (Å²) in [6.07, 6.45) is 1.43. The Morgan fingerprint density at radius 3 is 2.58 bits per heavy atom. The fourth-order valence-corrected chi connectivity index (χ4v) is 2.22. The Bertz CT molecular complexity index is 901. The van der Waals surface area contributed by atoms with Gasteiger partial charge in [0.05, 0.1) is 4.92 Å². The summed E-state index contributed by atoms with van der Waals surface area (Å²) >= 11 is 0. The van der Waals surface area contributed by atoms with Gasteiger partial charge in [0.15, 0.2) is 5.70 Å². The maximum absolute atomic E-state index is 12.9. The van der Waals surface area contributed by atoms with Crippen LogP contribution in [0.15, 0.2) is 53.2 Å². The molecule has 0 bridgehead atoms. The number of nitro benzene ring substituents is 1. The van der Waals surface area contributed by atoms with Gasteiger partial charge in [-0.2, -0.15) is 0 Å². The second kappa shape index (κ2) is 6.04. The van der Waals surface area contributed by atoms with Gasteiger partial charge in [-0.3, -0.25) is 10.1 Å². The highest BCUT2D eigenvalue weighted by molar-refractivity contribution is 6.14. The molecule has 0 aromatic heterocycles. The summed E-state index contributed by atoms with van der Waals surface area (Å²) in [7, 11) is 0. The lowest BCUT2D eigenvalue weighted by Crippen LogP contribution is -2.08. The topological polar surface area (TPSA) is 81.8 Å². The van der Waals surface area contributed by atoms with E-state index in [0.29, 0.717) is 5.56 Å². The molecule has 2 aromatic rings. The molecule has 0 atom stereocenters. The summed E-state index contributed by atoms with van der Waals surface area (Å²) in [6.45, 7) is 1.76. The lowest BCUT2D eigenvalue weighted by Gasteiger charge is -2.02. The average molecular weight is 326 g/mol. The number of carbonyl (C=O) groups excluding carboxylic acids is 1. The molecule has 0 N–H and O–H groups in total. The number of carbonyl (C=O) groups is 1. The van der Waals surface area contributed by atoms with Crippen LogP contribution in [0.3, 0.4) is 0 Å². The van der Waals surface area contributed by atoms with Gasteiger partial charge in [-0.25, -0.2) is 14.2 Å². The quantitative estimate of drug-likeness (QED) is 0.375. The third-order valence-corrected chi connectivity index (χ3v) is 3.37. The summed E-state index contributed by atoms with van der Waals surface area (Å²) in [5.41, 5.74) is 1.26. The van der Waals surface area contributed by atoms with Gasteiger partial charge >= 0.3 is 5.97 Å². The molecule has 0 fully saturated rings. The monoisotopic (exact) mass is 326 g/mol. The first-order chi connectivity index (χ1) is 11.4. The van der Waals surface area contributed by atoms with E-state index in [1.54, 1.807) is 13.0 Å². The van der Waals surface area contributed by atoms with Crippen LogP contribution in [-0.2, 0) is 9.53 Å². The Hall–Kier alpha value is -3.35. The van der Waals surface area contributed by atoms with Gasteiger partial charge in [0.25, 0.3) is 5.69 Å². The summed E-state index contributed by atoms with van der Waals surface area (Å²) in [4.78, 5) is 26.6. The van der Waals surface area contributed by atoms with Crippen molar-refractivity contribution >= 4 is 23.6 Å². The van der Waals surface area contributed by atoms with Crippen molar-refractivity contribution in [3.8, 4) is 0 Å². The van der Waals surface area contributed by atoms with Crippen LogP contribution in [0.5, 0.6) is 0 Å². The highest BCUT2D eigenvalue weighted by atomic mass is 19.1. The average Bonchev–Trinajstić information content (AvgIpc) is 2.90. The minimum Gasteiger partial charge on any atom is -0.402 e. The maximum Gasteiger partial charge on any atom is 0.363 e. The molecule has 120 valence electrons. The van der Waals surface area contributed by atoms with Crippen LogP contribution in [-0.4, -0.2) is 16.8 Å². The Kier molecular flexibility index (Phi) is 3.91. The molecule has 0 spiro atoms. The van der Waals surface area contributed by atoms with E-state index in [-0.39, 0.29) is 22.8 Å². The van der Waals surface area contributed by atoms with Crippen LogP contribution in [0.25, 0.3) is 6.08 Å². The van der Waals surface area contributed by atoms with Crippen molar-refractivity contribution in [2.24, 2.45) is 4.99 Å². The van der Waals surface area contributed by atoms with Crippen LogP contribution in [0, 0.1) is 22.9 Å². The molecule has 2 aromatic carbocycles. The molecule has 0 unspecified atom stereocenters. The molecule has 1 heterocycles. The van der Waals surface area contributed by atoms with Crippen LogP contribution in [0.2, 0.25) is 0 Å². The molecule has 24 heavy (non-hydrogen) atoms. The molecule has 6 nitrogen and oxygen atoms in total. The van der Waals surface area contributed by atoms with E-state index in [0.717, 1.165) is 5.56 Å². The van der Waals surface area contributed by atoms with Gasteiger partial charge in [-0.05, 0) is 42.3 Å². The Morgan fingerprint density at radius 1 is 1.21 bits per heavy atom. The van der Waals surface area contributed by atoms with Crippen LogP contribution < -0.4 is 0 Å². The summed E-state index contributed by atoms with van der Waals surface area (Å²) in [6, 6.07) is 9.93. The van der Waals surface area contributed by atoms with E-state index in [1.165, 1.54) is 42.5 Å². The minimum atomic E-state index is -0.717. The zero-order valence-corrected chi connectivity index (χ0v) is 12.5. The molecule has 1 aliphatic rings. The largest absolute Gasteiger partial charge is 0.402 e. The smallest absolute Gasteiger partial charge is 0.363 e. The molecule has 0 saturated heterocycles. The molecular formula is C17H11FN2O4. The minimum absolute atomic E-state index is 0.00703. The first-order valence-electron chi connectivity index (χ1n) is 6.97. The van der Waals surface area contributed by atoms with Crippen molar-refractivity contribution in [1.29, 1.82) is 0 Å². The number of nitrogens with zero attached hydrogens (tertiary/aromatic N) is 2. The van der Waals surface area contributed by atoms with E-state index in [9.17, 15) is 19.3 Å². The summed E-state index contributed by atoms with van der Waals surface area (Å²) in [5.74, 6) is -1.24. The highest BCUT2D eigenvalue weighted by Gasteiger charge is 2.29. The second-order valence-electron chi connectivity index (χ2n) is 5.17. The Morgan fingerprint density at radius 2 is 1.92 bits per heavy atom. The SMILES string of the molecule is Cc1ccc([N+](=O)[O-])c(C2=N/C(=C/c3ccc(F)cc3)C(=O)O2)c1. The first kappa shape index (κ1) is 15.5. The predicted octanol–water partition coefficient (Wildman–Crippen LogP) is 3.39. The number of benzene rings is 2. The van der Waals surface area contributed by atoms with Crippen LogP contribution in [0.4, 0.5) is 10.1 Å². The molecule has 0 amide bonds. The van der Waals surface area contributed by atoms with E-state index in [4.69, 9.17) is 4.74 Å². The molecule has 7 heteroatoms. The number of nitro groups is 1. The lowest BCUT2D eigenvalue weighted by atomic mass is 10.1. The summed E-state index contributed by atoms with van der Waals surface area (Å²) < 4.78 is 18.0. The van der Waals surface area contributed by atoms with Crippen molar-refractivity contribution < 1.29 is 18.8 Å². The molecule has 0 aliphatic carbocycles. The van der Waals surface area contributed by atoms with Crippen molar-refractivity contribution in [3.63, 3.8) is 0 Å². The Labute approximate surface area is 136 Å². The third kappa shape index (κ3) is 3.05. The zero-order valence-electron chi connectivity index (χ0n) is 12.5. The van der Waals surface area contributed by atoms with Gasteiger partial charge in [0.1, 0.15) is 11.4 Å². The number of ether oxygens (including phenoxy) is 1. The van der Waals surface area contributed by atoms with Gasteiger partial charge in [0.2, 0.25) is 5.90 Å². The number of aliphatic imine (C=N–C) groups is 1. The number of hydrogen-bond acceptors (Lipinski definition) is 5. The van der Waals surface area contributed by atoms with E-state index in [1.807, 2.05) is 0 Å². The second-order valence-corrected chi connectivity index (χ2v) is 5.17. The number of cyclic esters (lactones) is 1. The number of halogens is 1. The number of aryl methyl sites for hydroxylation is 1. The van der Waals surface area contributed by atoms with Crippen molar-refractivity contribution in [1.82, 2.24) is 0 Å². The molecular weight excluding hydrogens is 315 g/mol. The molecule has 3 rings (SSSR count). The fourth-order valence-electron chi connectivity index (χ4n) is 2.22. The van der Waals surface area contributed by atoms with Gasteiger partial charge in [-0.1, -0.05) is 18.2 Å².